The molecule has 2 rings (SSSR count). The van der Waals surface area contributed by atoms with E-state index in [1.54, 1.807) is 0 Å². The third-order valence-electron chi connectivity index (χ3n) is 2.90. The third-order valence-corrected chi connectivity index (χ3v) is 2.90. The van der Waals surface area contributed by atoms with Gasteiger partial charge in [0.2, 0.25) is 0 Å². The highest BCUT2D eigenvalue weighted by molar-refractivity contribution is 5.39. The molecule has 0 saturated heterocycles. The van der Waals surface area contributed by atoms with E-state index in [1.807, 2.05) is 38.1 Å². The molecule has 0 aliphatic heterocycles. The highest BCUT2D eigenvalue weighted by atomic mass is 19.1. The molecular weight excluding hydrogens is 229 g/mol. The summed E-state index contributed by atoms with van der Waals surface area (Å²) in [5, 5.41) is 3.02. The Morgan fingerprint density at radius 3 is 2.72 bits per heavy atom. The minimum Gasteiger partial charge on any atom is -0.363 e. The van der Waals surface area contributed by atoms with E-state index in [1.165, 1.54) is 11.9 Å². The van der Waals surface area contributed by atoms with Crippen LogP contribution in [0.1, 0.15) is 23.7 Å². The van der Waals surface area contributed by atoms with Gasteiger partial charge in [0.15, 0.2) is 11.6 Å². The molecule has 94 valence electrons. The van der Waals surface area contributed by atoms with Gasteiger partial charge in [-0.15, -0.1) is 0 Å². The fourth-order valence-corrected chi connectivity index (χ4v) is 1.76. The highest BCUT2D eigenvalue weighted by Crippen LogP contribution is 2.15. The number of aryl methyl sites for hydroxylation is 2. The van der Waals surface area contributed by atoms with Gasteiger partial charge in [0.05, 0.1) is 5.69 Å². The van der Waals surface area contributed by atoms with Gasteiger partial charge in [0, 0.05) is 6.54 Å². The zero-order valence-electron chi connectivity index (χ0n) is 10.6. The van der Waals surface area contributed by atoms with Crippen LogP contribution in [0.4, 0.5) is 10.2 Å². The van der Waals surface area contributed by atoms with Crippen molar-refractivity contribution in [3.8, 4) is 0 Å². The van der Waals surface area contributed by atoms with E-state index in [0.717, 1.165) is 5.56 Å². The maximum atomic E-state index is 13.9. The van der Waals surface area contributed by atoms with Crippen molar-refractivity contribution in [2.45, 2.75) is 26.8 Å². The quantitative estimate of drug-likeness (QED) is 0.899. The van der Waals surface area contributed by atoms with Crippen LogP contribution in [0.5, 0.6) is 0 Å². The van der Waals surface area contributed by atoms with E-state index in [2.05, 4.69) is 15.3 Å². The Bertz CT molecular complexity index is 540. The topological polar surface area (TPSA) is 37.8 Å². The number of halogens is 1. The Hall–Kier alpha value is -1.97. The minimum atomic E-state index is -0.353. The van der Waals surface area contributed by atoms with Crippen LogP contribution in [0.25, 0.3) is 0 Å². The summed E-state index contributed by atoms with van der Waals surface area (Å²) >= 11 is 0. The van der Waals surface area contributed by atoms with Crippen LogP contribution >= 0.6 is 0 Å². The number of nitrogens with zero attached hydrogens (tertiary/aromatic N) is 2. The summed E-state index contributed by atoms with van der Waals surface area (Å²) in [5.74, 6) is -0.0845. The van der Waals surface area contributed by atoms with Crippen molar-refractivity contribution in [3.05, 3.63) is 53.2 Å². The third kappa shape index (κ3) is 2.64. The van der Waals surface area contributed by atoms with E-state index in [9.17, 15) is 4.39 Å². The normalized spacial score (nSPS) is 10.4. The van der Waals surface area contributed by atoms with Gasteiger partial charge in [-0.1, -0.05) is 31.2 Å². The summed E-state index contributed by atoms with van der Waals surface area (Å²) in [6.45, 7) is 4.46. The predicted octanol–water partition coefficient (Wildman–Crippen LogP) is 3.10. The molecule has 1 aromatic carbocycles. The van der Waals surface area contributed by atoms with E-state index in [4.69, 9.17) is 0 Å². The van der Waals surface area contributed by atoms with Crippen LogP contribution in [0.3, 0.4) is 0 Å². The lowest BCUT2D eigenvalue weighted by atomic mass is 10.1. The molecule has 0 aliphatic rings. The maximum absolute atomic E-state index is 13.9. The van der Waals surface area contributed by atoms with Gasteiger partial charge in [-0.05, 0) is 24.5 Å². The monoisotopic (exact) mass is 245 g/mol. The molecule has 4 heteroatoms. The smallest absolute Gasteiger partial charge is 0.186 e. The molecule has 0 fully saturated rings. The number of hydrogen-bond donors (Lipinski definition) is 1. The van der Waals surface area contributed by atoms with Crippen LogP contribution in [0, 0.1) is 12.7 Å². The fourth-order valence-electron chi connectivity index (χ4n) is 1.76. The van der Waals surface area contributed by atoms with Crippen LogP contribution in [0.15, 0.2) is 30.6 Å². The summed E-state index contributed by atoms with van der Waals surface area (Å²) in [5.41, 5.74) is 2.75. The number of rotatable bonds is 4. The molecule has 0 amide bonds. The first-order valence-electron chi connectivity index (χ1n) is 6.00. The molecule has 2 aromatic rings. The fraction of sp³-hybridized carbons (Fsp3) is 0.286. The molecular formula is C14H16FN3. The SMILES string of the molecule is CCc1ncnc(NCc2ccccc2C)c1F. The van der Waals surface area contributed by atoms with E-state index in [0.29, 0.717) is 18.7 Å². The van der Waals surface area contributed by atoms with Gasteiger partial charge in [-0.3, -0.25) is 0 Å². The van der Waals surface area contributed by atoms with E-state index in [-0.39, 0.29) is 11.6 Å². The average molecular weight is 245 g/mol. The number of nitrogens with one attached hydrogen (secondary N) is 1. The molecule has 0 radical (unpaired) electrons. The zero-order chi connectivity index (χ0) is 13.0. The van der Waals surface area contributed by atoms with Crippen molar-refractivity contribution < 1.29 is 4.39 Å². The van der Waals surface area contributed by atoms with Gasteiger partial charge in [0.1, 0.15) is 6.33 Å². The van der Waals surface area contributed by atoms with Crippen molar-refractivity contribution in [2.24, 2.45) is 0 Å². The average Bonchev–Trinajstić information content (AvgIpc) is 2.39. The van der Waals surface area contributed by atoms with Crippen molar-refractivity contribution in [3.63, 3.8) is 0 Å². The summed E-state index contributed by atoms with van der Waals surface area (Å²) < 4.78 is 13.9. The number of benzene rings is 1. The Balaban J connectivity index is 2.14. The van der Waals surface area contributed by atoms with Crippen molar-refractivity contribution in [1.82, 2.24) is 9.97 Å². The van der Waals surface area contributed by atoms with E-state index >= 15 is 0 Å². The lowest BCUT2D eigenvalue weighted by Gasteiger charge is -2.09. The Kier molecular flexibility index (Phi) is 3.87. The first-order chi connectivity index (χ1) is 8.72. The minimum absolute atomic E-state index is 0.269. The second-order valence-electron chi connectivity index (χ2n) is 4.12. The van der Waals surface area contributed by atoms with Crippen LogP contribution in [-0.4, -0.2) is 9.97 Å². The highest BCUT2D eigenvalue weighted by Gasteiger charge is 2.09. The van der Waals surface area contributed by atoms with Crippen molar-refractivity contribution in [1.29, 1.82) is 0 Å². The molecule has 1 aromatic heterocycles. The molecule has 18 heavy (non-hydrogen) atoms. The lowest BCUT2D eigenvalue weighted by Crippen LogP contribution is -2.07. The lowest BCUT2D eigenvalue weighted by molar-refractivity contribution is 0.596. The van der Waals surface area contributed by atoms with Gasteiger partial charge < -0.3 is 5.32 Å². The number of anilines is 1. The molecule has 0 bridgehead atoms. The Morgan fingerprint density at radius 1 is 1.22 bits per heavy atom. The van der Waals surface area contributed by atoms with Crippen molar-refractivity contribution in [2.75, 3.05) is 5.32 Å². The Labute approximate surface area is 106 Å². The molecule has 0 atom stereocenters. The van der Waals surface area contributed by atoms with Gasteiger partial charge in [-0.25, -0.2) is 14.4 Å². The summed E-state index contributed by atoms with van der Waals surface area (Å²) in [6.07, 6.45) is 1.95. The van der Waals surface area contributed by atoms with Gasteiger partial charge >= 0.3 is 0 Å². The van der Waals surface area contributed by atoms with Crippen LogP contribution in [-0.2, 0) is 13.0 Å². The summed E-state index contributed by atoms with van der Waals surface area (Å²) in [6, 6.07) is 8.00. The maximum Gasteiger partial charge on any atom is 0.186 e. The second-order valence-corrected chi connectivity index (χ2v) is 4.12. The first kappa shape index (κ1) is 12.5. The molecule has 0 unspecified atom stereocenters. The molecule has 0 aliphatic carbocycles. The zero-order valence-corrected chi connectivity index (χ0v) is 10.6. The predicted molar refractivity (Wildman–Crippen MR) is 69.9 cm³/mol. The summed E-state index contributed by atoms with van der Waals surface area (Å²) in [7, 11) is 0. The second kappa shape index (κ2) is 5.58. The van der Waals surface area contributed by atoms with Crippen molar-refractivity contribution >= 4 is 5.82 Å². The standard InChI is InChI=1S/C14H16FN3/c1-3-12-13(15)14(18-9-17-12)16-8-11-7-5-4-6-10(11)2/h4-7,9H,3,8H2,1-2H3,(H,16,17,18). The van der Waals surface area contributed by atoms with Crippen LogP contribution in [0.2, 0.25) is 0 Å². The molecule has 0 spiro atoms. The first-order valence-corrected chi connectivity index (χ1v) is 6.00. The van der Waals surface area contributed by atoms with Gasteiger partial charge in [0.25, 0.3) is 0 Å². The number of hydrogen-bond acceptors (Lipinski definition) is 3. The largest absolute Gasteiger partial charge is 0.363 e. The molecule has 1 N–H and O–H groups in total. The molecule has 0 saturated carbocycles. The van der Waals surface area contributed by atoms with Gasteiger partial charge in [-0.2, -0.15) is 0 Å². The number of aromatic nitrogens is 2. The summed E-state index contributed by atoms with van der Waals surface area (Å²) in [4.78, 5) is 7.84. The Morgan fingerprint density at radius 2 is 2.00 bits per heavy atom. The molecule has 3 nitrogen and oxygen atoms in total. The van der Waals surface area contributed by atoms with E-state index < -0.39 is 0 Å². The van der Waals surface area contributed by atoms with Crippen LogP contribution < -0.4 is 5.32 Å². The molecule has 1 heterocycles.